The highest BCUT2D eigenvalue weighted by atomic mass is 16.5. The Bertz CT molecular complexity index is 625. The summed E-state index contributed by atoms with van der Waals surface area (Å²) in [6.45, 7) is 1.59. The van der Waals surface area contributed by atoms with Crippen LogP contribution in [-0.4, -0.2) is 30.1 Å². The number of aromatic nitrogens is 1. The van der Waals surface area contributed by atoms with Crippen molar-refractivity contribution < 1.29 is 9.53 Å². The average molecular weight is 297 g/mol. The van der Waals surface area contributed by atoms with Crippen LogP contribution in [0.25, 0.3) is 0 Å². The summed E-state index contributed by atoms with van der Waals surface area (Å²) in [6.07, 6.45) is 4.10. The number of rotatable bonds is 5. The third kappa shape index (κ3) is 3.83. The van der Waals surface area contributed by atoms with Gasteiger partial charge in [-0.2, -0.15) is 0 Å². The van der Waals surface area contributed by atoms with E-state index in [-0.39, 0.29) is 12.0 Å². The fourth-order valence-corrected chi connectivity index (χ4v) is 2.42. The maximum absolute atomic E-state index is 12.2. The summed E-state index contributed by atoms with van der Waals surface area (Å²) in [4.78, 5) is 16.3. The molecule has 2 aromatic rings. The van der Waals surface area contributed by atoms with Gasteiger partial charge in [-0.3, -0.25) is 9.78 Å². The van der Waals surface area contributed by atoms with Gasteiger partial charge in [-0.1, -0.05) is 18.2 Å². The second-order valence-corrected chi connectivity index (χ2v) is 5.27. The van der Waals surface area contributed by atoms with Gasteiger partial charge in [-0.15, -0.1) is 0 Å². The summed E-state index contributed by atoms with van der Waals surface area (Å²) in [5, 5.41) is 6.13. The number of carbonyl (C=O) groups is 1. The molecule has 1 atom stereocenters. The number of nitrogens with zero attached hydrogens (tertiary/aromatic N) is 1. The van der Waals surface area contributed by atoms with Gasteiger partial charge in [0.2, 0.25) is 0 Å². The van der Waals surface area contributed by atoms with Crippen LogP contribution in [0.3, 0.4) is 0 Å². The molecule has 1 aromatic carbocycles. The van der Waals surface area contributed by atoms with Crippen molar-refractivity contribution in [3.05, 3.63) is 54.4 Å². The second-order valence-electron chi connectivity index (χ2n) is 5.27. The molecule has 2 heterocycles. The van der Waals surface area contributed by atoms with Crippen molar-refractivity contribution in [1.29, 1.82) is 0 Å². The minimum atomic E-state index is -0.216. The molecule has 22 heavy (non-hydrogen) atoms. The first-order valence-corrected chi connectivity index (χ1v) is 7.49. The lowest BCUT2D eigenvalue weighted by Crippen LogP contribution is -2.19. The molecule has 0 radical (unpaired) electrons. The summed E-state index contributed by atoms with van der Waals surface area (Å²) < 4.78 is 5.57. The predicted molar refractivity (Wildman–Crippen MR) is 86.1 cm³/mol. The maximum Gasteiger partial charge on any atom is 0.274 e. The minimum Gasteiger partial charge on any atom is -0.382 e. The highest BCUT2D eigenvalue weighted by Gasteiger charge is 2.15. The zero-order valence-corrected chi connectivity index (χ0v) is 12.3. The van der Waals surface area contributed by atoms with E-state index >= 15 is 0 Å². The third-order valence-corrected chi connectivity index (χ3v) is 3.58. The van der Waals surface area contributed by atoms with Crippen molar-refractivity contribution in [3.63, 3.8) is 0 Å². The fraction of sp³-hybridized carbons (Fsp3) is 0.294. The summed E-state index contributed by atoms with van der Waals surface area (Å²) in [5.74, 6) is -0.216. The summed E-state index contributed by atoms with van der Waals surface area (Å²) in [5.41, 5.74) is 2.02. The van der Waals surface area contributed by atoms with Crippen molar-refractivity contribution in [1.82, 2.24) is 4.98 Å². The average Bonchev–Trinajstić information content (AvgIpc) is 3.08. The number of carbonyl (C=O) groups excluding carboxylic acids is 1. The first kappa shape index (κ1) is 14.5. The lowest BCUT2D eigenvalue weighted by Gasteiger charge is -2.12. The molecule has 0 aliphatic carbocycles. The van der Waals surface area contributed by atoms with E-state index in [1.807, 2.05) is 36.4 Å². The zero-order chi connectivity index (χ0) is 15.2. The molecule has 5 nitrogen and oxygen atoms in total. The molecule has 1 saturated heterocycles. The van der Waals surface area contributed by atoms with E-state index in [0.29, 0.717) is 5.69 Å². The molecule has 5 heteroatoms. The van der Waals surface area contributed by atoms with E-state index in [0.717, 1.165) is 37.4 Å². The Morgan fingerprint density at radius 1 is 1.23 bits per heavy atom. The second kappa shape index (κ2) is 7.04. The first-order chi connectivity index (χ1) is 10.8. The van der Waals surface area contributed by atoms with E-state index in [4.69, 9.17) is 4.74 Å². The van der Waals surface area contributed by atoms with Crippen LogP contribution < -0.4 is 10.6 Å². The number of amides is 1. The van der Waals surface area contributed by atoms with Gasteiger partial charge in [0, 0.05) is 30.7 Å². The van der Waals surface area contributed by atoms with E-state index in [2.05, 4.69) is 15.6 Å². The SMILES string of the molecule is O=C(Nc1ccccc1)c1cc(NCC2CCCO2)ccn1. The van der Waals surface area contributed by atoms with Crippen LogP contribution in [0, 0.1) is 0 Å². The standard InChI is InChI=1S/C17H19N3O2/c21-17(20-13-5-2-1-3-6-13)16-11-14(8-9-18-16)19-12-15-7-4-10-22-15/h1-3,5-6,8-9,11,15H,4,7,10,12H2,(H,18,19)(H,20,21). The van der Waals surface area contributed by atoms with Crippen LogP contribution in [-0.2, 0) is 4.74 Å². The van der Waals surface area contributed by atoms with Crippen molar-refractivity contribution in [2.75, 3.05) is 23.8 Å². The van der Waals surface area contributed by atoms with E-state index in [1.165, 1.54) is 0 Å². The van der Waals surface area contributed by atoms with Crippen LogP contribution in [0.2, 0.25) is 0 Å². The van der Waals surface area contributed by atoms with Gasteiger partial charge in [0.05, 0.1) is 6.10 Å². The van der Waals surface area contributed by atoms with Crippen LogP contribution in [0.5, 0.6) is 0 Å². The minimum absolute atomic E-state index is 0.216. The summed E-state index contributed by atoms with van der Waals surface area (Å²) in [6, 6.07) is 13.0. The molecule has 114 valence electrons. The number of hydrogen-bond donors (Lipinski definition) is 2. The number of nitrogens with one attached hydrogen (secondary N) is 2. The van der Waals surface area contributed by atoms with Crippen molar-refractivity contribution in [3.8, 4) is 0 Å². The van der Waals surface area contributed by atoms with Crippen LogP contribution in [0.1, 0.15) is 23.3 Å². The molecule has 0 saturated carbocycles. The number of benzene rings is 1. The number of para-hydroxylation sites is 1. The quantitative estimate of drug-likeness (QED) is 0.890. The van der Waals surface area contributed by atoms with Gasteiger partial charge < -0.3 is 15.4 Å². The Labute approximate surface area is 129 Å². The Morgan fingerprint density at radius 2 is 2.09 bits per heavy atom. The maximum atomic E-state index is 12.2. The Morgan fingerprint density at radius 3 is 2.86 bits per heavy atom. The number of pyridine rings is 1. The molecular formula is C17H19N3O2. The van der Waals surface area contributed by atoms with Gasteiger partial charge in [-0.25, -0.2) is 0 Å². The van der Waals surface area contributed by atoms with Gasteiger partial charge in [0.1, 0.15) is 5.69 Å². The largest absolute Gasteiger partial charge is 0.382 e. The number of anilines is 2. The van der Waals surface area contributed by atoms with E-state index in [1.54, 1.807) is 12.3 Å². The molecule has 0 bridgehead atoms. The van der Waals surface area contributed by atoms with Crippen molar-refractivity contribution in [2.24, 2.45) is 0 Å². The Kier molecular flexibility index (Phi) is 4.65. The van der Waals surface area contributed by atoms with Gasteiger partial charge in [0.15, 0.2) is 0 Å². The summed E-state index contributed by atoms with van der Waals surface area (Å²) >= 11 is 0. The molecule has 1 unspecified atom stereocenters. The first-order valence-electron chi connectivity index (χ1n) is 7.49. The van der Waals surface area contributed by atoms with Gasteiger partial charge >= 0.3 is 0 Å². The highest BCUT2D eigenvalue weighted by molar-refractivity contribution is 6.03. The third-order valence-electron chi connectivity index (χ3n) is 3.58. The van der Waals surface area contributed by atoms with Crippen LogP contribution >= 0.6 is 0 Å². The molecule has 3 rings (SSSR count). The smallest absolute Gasteiger partial charge is 0.274 e. The molecule has 1 aromatic heterocycles. The molecular weight excluding hydrogens is 278 g/mol. The molecule has 2 N–H and O–H groups in total. The molecule has 1 amide bonds. The number of hydrogen-bond acceptors (Lipinski definition) is 4. The van der Waals surface area contributed by atoms with E-state index < -0.39 is 0 Å². The molecule has 1 fully saturated rings. The lowest BCUT2D eigenvalue weighted by atomic mass is 10.2. The molecule has 1 aliphatic rings. The van der Waals surface area contributed by atoms with Crippen molar-refractivity contribution in [2.45, 2.75) is 18.9 Å². The monoisotopic (exact) mass is 297 g/mol. The molecule has 0 spiro atoms. The van der Waals surface area contributed by atoms with Gasteiger partial charge in [0.25, 0.3) is 5.91 Å². The Balaban J connectivity index is 1.61. The topological polar surface area (TPSA) is 63.2 Å². The summed E-state index contributed by atoms with van der Waals surface area (Å²) in [7, 11) is 0. The molecule has 1 aliphatic heterocycles. The van der Waals surface area contributed by atoms with Crippen molar-refractivity contribution >= 4 is 17.3 Å². The van der Waals surface area contributed by atoms with E-state index in [9.17, 15) is 4.79 Å². The highest BCUT2D eigenvalue weighted by Crippen LogP contribution is 2.15. The lowest BCUT2D eigenvalue weighted by molar-refractivity contribution is 0.102. The van der Waals surface area contributed by atoms with Crippen LogP contribution in [0.15, 0.2) is 48.7 Å². The predicted octanol–water partition coefficient (Wildman–Crippen LogP) is 2.92. The zero-order valence-electron chi connectivity index (χ0n) is 12.3. The van der Waals surface area contributed by atoms with Crippen LogP contribution in [0.4, 0.5) is 11.4 Å². The fourth-order valence-electron chi connectivity index (χ4n) is 2.42. The van der Waals surface area contributed by atoms with Gasteiger partial charge in [-0.05, 0) is 37.1 Å². The Hall–Kier alpha value is -2.40. The number of ether oxygens (including phenoxy) is 1. The normalized spacial score (nSPS) is 17.2.